The second kappa shape index (κ2) is 7.18. The lowest BCUT2D eigenvalue weighted by Crippen LogP contribution is -2.45. The predicted molar refractivity (Wildman–Crippen MR) is 97.0 cm³/mol. The maximum atomic E-state index is 12.3. The molecule has 0 aliphatic heterocycles. The summed E-state index contributed by atoms with van der Waals surface area (Å²) in [4.78, 5) is 14.4. The highest BCUT2D eigenvalue weighted by atomic mass is 16.2. The highest BCUT2D eigenvalue weighted by molar-refractivity contribution is 5.90. The molecule has 2 aromatic carbocycles. The molecule has 0 aliphatic rings. The Bertz CT molecular complexity index is 637. The van der Waals surface area contributed by atoms with Crippen molar-refractivity contribution >= 4 is 17.4 Å². The van der Waals surface area contributed by atoms with Gasteiger partial charge in [0.1, 0.15) is 0 Å². The average Bonchev–Trinajstić information content (AvgIpc) is 2.56. The molecule has 0 aliphatic carbocycles. The van der Waals surface area contributed by atoms with Gasteiger partial charge in [0.05, 0.1) is 5.54 Å². The minimum absolute atomic E-state index is 0.198. The number of anilines is 2. The monoisotopic (exact) mass is 311 g/mol. The van der Waals surface area contributed by atoms with Crippen LogP contribution in [0.2, 0.25) is 0 Å². The first kappa shape index (κ1) is 16.9. The van der Waals surface area contributed by atoms with E-state index in [1.54, 1.807) is 0 Å². The van der Waals surface area contributed by atoms with Gasteiger partial charge < -0.3 is 15.5 Å². The van der Waals surface area contributed by atoms with Crippen LogP contribution in [0.25, 0.3) is 0 Å². The summed E-state index contributed by atoms with van der Waals surface area (Å²) in [6, 6.07) is 17.6. The Kier molecular flexibility index (Phi) is 5.27. The smallest absolute Gasteiger partial charge is 0.319 e. The van der Waals surface area contributed by atoms with E-state index in [0.717, 1.165) is 23.4 Å². The Morgan fingerprint density at radius 2 is 1.65 bits per heavy atom. The summed E-state index contributed by atoms with van der Waals surface area (Å²) < 4.78 is 0. The van der Waals surface area contributed by atoms with E-state index >= 15 is 0 Å². The summed E-state index contributed by atoms with van der Waals surface area (Å²) in [5.74, 6) is 0. The van der Waals surface area contributed by atoms with Crippen LogP contribution in [0.1, 0.15) is 25.8 Å². The largest absolute Gasteiger partial charge is 0.378 e. The molecule has 4 heteroatoms. The van der Waals surface area contributed by atoms with Crippen molar-refractivity contribution in [2.45, 2.75) is 25.8 Å². The van der Waals surface area contributed by atoms with Gasteiger partial charge in [-0.1, -0.05) is 37.3 Å². The number of rotatable bonds is 5. The number of carbonyl (C=O) groups excluding carboxylic acids is 1. The van der Waals surface area contributed by atoms with Crippen molar-refractivity contribution in [2.24, 2.45) is 0 Å². The number of amides is 2. The maximum absolute atomic E-state index is 12.3. The molecule has 1 unspecified atom stereocenters. The third kappa shape index (κ3) is 4.25. The Hall–Kier alpha value is -2.49. The van der Waals surface area contributed by atoms with Crippen molar-refractivity contribution in [1.82, 2.24) is 5.32 Å². The minimum Gasteiger partial charge on any atom is -0.378 e. The molecule has 1 atom stereocenters. The van der Waals surface area contributed by atoms with Crippen LogP contribution in [0, 0.1) is 0 Å². The molecule has 122 valence electrons. The van der Waals surface area contributed by atoms with E-state index < -0.39 is 5.54 Å². The molecular formula is C19H25N3O. The fraction of sp³-hybridized carbons (Fsp3) is 0.316. The van der Waals surface area contributed by atoms with Gasteiger partial charge in [-0.25, -0.2) is 4.79 Å². The van der Waals surface area contributed by atoms with Gasteiger partial charge in [-0.15, -0.1) is 0 Å². The van der Waals surface area contributed by atoms with Gasteiger partial charge in [0.15, 0.2) is 0 Å². The molecule has 2 aromatic rings. The first-order chi connectivity index (χ1) is 10.9. The Labute approximate surface area is 138 Å². The highest BCUT2D eigenvalue weighted by Crippen LogP contribution is 2.24. The van der Waals surface area contributed by atoms with E-state index in [9.17, 15) is 4.79 Å². The lowest BCUT2D eigenvalue weighted by Gasteiger charge is -2.30. The Balaban J connectivity index is 2.05. The van der Waals surface area contributed by atoms with Crippen LogP contribution in [-0.4, -0.2) is 20.1 Å². The first-order valence-electron chi connectivity index (χ1n) is 7.86. The Morgan fingerprint density at radius 1 is 1.04 bits per heavy atom. The van der Waals surface area contributed by atoms with Gasteiger partial charge in [-0.05, 0) is 43.2 Å². The van der Waals surface area contributed by atoms with Gasteiger partial charge in [-0.2, -0.15) is 0 Å². The highest BCUT2D eigenvalue weighted by Gasteiger charge is 2.26. The van der Waals surface area contributed by atoms with Gasteiger partial charge in [0.2, 0.25) is 0 Å². The quantitative estimate of drug-likeness (QED) is 0.869. The molecular weight excluding hydrogens is 286 g/mol. The molecule has 23 heavy (non-hydrogen) atoms. The van der Waals surface area contributed by atoms with Crippen molar-refractivity contribution in [1.29, 1.82) is 0 Å². The third-order valence-corrected chi connectivity index (χ3v) is 4.15. The van der Waals surface area contributed by atoms with Crippen molar-refractivity contribution < 1.29 is 4.79 Å². The topological polar surface area (TPSA) is 44.4 Å². The number of carbonyl (C=O) groups is 1. The fourth-order valence-corrected chi connectivity index (χ4v) is 2.43. The van der Waals surface area contributed by atoms with E-state index in [1.807, 2.05) is 80.5 Å². The molecule has 4 nitrogen and oxygen atoms in total. The van der Waals surface area contributed by atoms with E-state index in [0.29, 0.717) is 0 Å². The molecule has 2 amide bonds. The van der Waals surface area contributed by atoms with Crippen LogP contribution >= 0.6 is 0 Å². The molecule has 0 saturated heterocycles. The molecule has 0 aromatic heterocycles. The second-order valence-corrected chi connectivity index (χ2v) is 6.07. The van der Waals surface area contributed by atoms with Gasteiger partial charge in [-0.3, -0.25) is 0 Å². The van der Waals surface area contributed by atoms with Crippen LogP contribution < -0.4 is 15.5 Å². The summed E-state index contributed by atoms with van der Waals surface area (Å²) in [6.45, 7) is 4.11. The fourth-order valence-electron chi connectivity index (χ4n) is 2.43. The first-order valence-corrected chi connectivity index (χ1v) is 7.86. The van der Waals surface area contributed by atoms with Crippen LogP contribution in [0.15, 0.2) is 54.6 Å². The number of nitrogens with zero attached hydrogens (tertiary/aromatic N) is 1. The van der Waals surface area contributed by atoms with Crippen molar-refractivity contribution in [2.75, 3.05) is 24.3 Å². The van der Waals surface area contributed by atoms with Crippen LogP contribution in [0.4, 0.5) is 16.2 Å². The zero-order chi connectivity index (χ0) is 16.9. The lowest BCUT2D eigenvalue weighted by molar-refractivity contribution is 0.238. The van der Waals surface area contributed by atoms with E-state index in [1.165, 1.54) is 0 Å². The standard InChI is InChI=1S/C19H25N3O/c1-5-19(2,15-9-7-6-8-10-15)21-18(23)20-16-11-13-17(14-12-16)22(3)4/h6-14H,5H2,1-4H3,(H2,20,21,23). The number of benzene rings is 2. The zero-order valence-corrected chi connectivity index (χ0v) is 14.3. The SMILES string of the molecule is CCC(C)(NC(=O)Nc1ccc(N(C)C)cc1)c1ccccc1. The summed E-state index contributed by atoms with van der Waals surface area (Å²) in [5.41, 5.74) is 2.58. The van der Waals surface area contributed by atoms with Gasteiger partial charge in [0.25, 0.3) is 0 Å². The second-order valence-electron chi connectivity index (χ2n) is 6.07. The summed E-state index contributed by atoms with van der Waals surface area (Å²) in [5, 5.41) is 5.98. The normalized spacial score (nSPS) is 13.0. The molecule has 2 rings (SSSR count). The molecule has 0 bridgehead atoms. The number of hydrogen-bond acceptors (Lipinski definition) is 2. The van der Waals surface area contributed by atoms with Gasteiger partial charge in [0, 0.05) is 25.5 Å². The predicted octanol–water partition coefficient (Wildman–Crippen LogP) is 4.20. The molecule has 0 radical (unpaired) electrons. The van der Waals surface area contributed by atoms with Gasteiger partial charge >= 0.3 is 6.03 Å². The van der Waals surface area contributed by atoms with E-state index in [2.05, 4.69) is 17.6 Å². The number of nitrogens with one attached hydrogen (secondary N) is 2. The summed E-state index contributed by atoms with van der Waals surface area (Å²) in [6.07, 6.45) is 0.810. The van der Waals surface area contributed by atoms with E-state index in [4.69, 9.17) is 0 Å². The zero-order valence-electron chi connectivity index (χ0n) is 14.3. The van der Waals surface area contributed by atoms with Crippen LogP contribution in [0.3, 0.4) is 0 Å². The lowest BCUT2D eigenvalue weighted by atomic mass is 9.89. The summed E-state index contributed by atoms with van der Waals surface area (Å²) in [7, 11) is 3.98. The van der Waals surface area contributed by atoms with Crippen LogP contribution in [-0.2, 0) is 5.54 Å². The van der Waals surface area contributed by atoms with Crippen molar-refractivity contribution in [3.63, 3.8) is 0 Å². The van der Waals surface area contributed by atoms with Crippen molar-refractivity contribution in [3.05, 3.63) is 60.2 Å². The number of urea groups is 1. The average molecular weight is 311 g/mol. The maximum Gasteiger partial charge on any atom is 0.319 e. The molecule has 0 saturated carbocycles. The molecule has 0 heterocycles. The van der Waals surface area contributed by atoms with Crippen LogP contribution in [0.5, 0.6) is 0 Å². The van der Waals surface area contributed by atoms with E-state index in [-0.39, 0.29) is 6.03 Å². The molecule has 2 N–H and O–H groups in total. The number of hydrogen-bond donors (Lipinski definition) is 2. The minimum atomic E-state index is -0.394. The third-order valence-electron chi connectivity index (χ3n) is 4.15. The summed E-state index contributed by atoms with van der Waals surface area (Å²) >= 11 is 0. The molecule has 0 spiro atoms. The Morgan fingerprint density at radius 3 is 2.17 bits per heavy atom. The van der Waals surface area contributed by atoms with Crippen molar-refractivity contribution in [3.8, 4) is 0 Å². The molecule has 0 fully saturated rings.